The minimum absolute atomic E-state index is 0.0262. The van der Waals surface area contributed by atoms with Crippen molar-refractivity contribution in [2.45, 2.75) is 70.0 Å². The van der Waals surface area contributed by atoms with Crippen LogP contribution in [0.5, 0.6) is 0 Å². The zero-order chi connectivity index (χ0) is 22.8. The lowest BCUT2D eigenvalue weighted by Crippen LogP contribution is -2.33. The van der Waals surface area contributed by atoms with Crippen LogP contribution in [-0.2, 0) is 4.79 Å². The van der Waals surface area contributed by atoms with Crippen molar-refractivity contribution in [2.75, 3.05) is 24.7 Å². The van der Waals surface area contributed by atoms with Gasteiger partial charge in [0.05, 0.1) is 6.20 Å². The summed E-state index contributed by atoms with van der Waals surface area (Å²) in [7, 11) is 3.54. The highest BCUT2D eigenvalue weighted by molar-refractivity contribution is 5.96. The number of nitrogens with one attached hydrogen (secondary N) is 2. The van der Waals surface area contributed by atoms with Crippen LogP contribution in [0.1, 0.15) is 57.4 Å². The summed E-state index contributed by atoms with van der Waals surface area (Å²) >= 11 is 0. The Balaban J connectivity index is 1.58. The quantitative estimate of drug-likeness (QED) is 0.641. The van der Waals surface area contributed by atoms with Gasteiger partial charge in [-0.3, -0.25) is 4.79 Å². The zero-order valence-corrected chi connectivity index (χ0v) is 19.5. The van der Waals surface area contributed by atoms with E-state index in [4.69, 9.17) is 10.7 Å². The average Bonchev–Trinajstić information content (AvgIpc) is 3.20. The third-order valence-electron chi connectivity index (χ3n) is 6.33. The molecule has 8 heteroatoms. The van der Waals surface area contributed by atoms with Crippen LogP contribution in [-0.4, -0.2) is 57.6 Å². The number of nitrogens with zero attached hydrogens (tertiary/aromatic N) is 4. The molecule has 2 aromatic heterocycles. The van der Waals surface area contributed by atoms with Gasteiger partial charge in [-0.1, -0.05) is 32.1 Å². The first-order chi connectivity index (χ1) is 15.3. The molecular weight excluding hydrogens is 402 g/mol. The molecule has 1 amide bonds. The Kier molecular flexibility index (Phi) is 6.50. The topological polar surface area (TPSA) is 101 Å². The van der Waals surface area contributed by atoms with Gasteiger partial charge < -0.3 is 21.3 Å². The van der Waals surface area contributed by atoms with Crippen molar-refractivity contribution in [3.8, 4) is 0 Å². The Morgan fingerprint density at radius 2 is 1.97 bits per heavy atom. The fourth-order valence-electron chi connectivity index (χ4n) is 4.37. The summed E-state index contributed by atoms with van der Waals surface area (Å²) in [6.45, 7) is 4.32. The number of nitrogens with two attached hydrogens (primary N) is 1. The molecule has 8 nitrogen and oxygen atoms in total. The number of anilines is 2. The summed E-state index contributed by atoms with van der Waals surface area (Å²) in [4.78, 5) is 18.7. The molecule has 172 valence electrons. The van der Waals surface area contributed by atoms with E-state index in [0.29, 0.717) is 18.0 Å². The molecule has 4 rings (SSSR count). The number of aromatic nitrogens is 3. The van der Waals surface area contributed by atoms with Gasteiger partial charge in [-0.15, -0.1) is 0 Å². The maximum Gasteiger partial charge on any atom is 0.252 e. The smallest absolute Gasteiger partial charge is 0.252 e. The summed E-state index contributed by atoms with van der Waals surface area (Å²) < 4.78 is 1.88. The number of amides is 1. The highest BCUT2D eigenvalue weighted by Gasteiger charge is 2.21. The van der Waals surface area contributed by atoms with E-state index in [9.17, 15) is 4.79 Å². The molecule has 4 N–H and O–H groups in total. The normalized spacial score (nSPS) is 23.3. The third-order valence-corrected chi connectivity index (χ3v) is 6.33. The third kappa shape index (κ3) is 4.80. The van der Waals surface area contributed by atoms with Gasteiger partial charge in [0.25, 0.3) is 5.91 Å². The standard InChI is InChI=1S/C24H35N7O/c1-15(2)20-14-26-31-22(28-19-9-5-16(6-10-19)24(32)30(3)4)13-21(29-23(20)31)27-18-11-7-17(25)8-12-18/h5-6,9,13-15,17-19,28H,7-8,10-12,25H2,1-4H3,(H,27,29)/t17-,18-,19?. The molecule has 0 aromatic carbocycles. The van der Waals surface area contributed by atoms with E-state index in [0.717, 1.165) is 60.5 Å². The SMILES string of the molecule is CC(C)c1cnn2c(NC3C=CC(C(=O)N(C)C)=CC3)cc(N[C@H]3CC[C@H](N)CC3)nc12. The predicted molar refractivity (Wildman–Crippen MR) is 129 cm³/mol. The number of hydrogen-bond donors (Lipinski definition) is 3. The fraction of sp³-hybridized carbons (Fsp3) is 0.542. The molecule has 2 aliphatic carbocycles. The van der Waals surface area contributed by atoms with Crippen LogP contribution >= 0.6 is 0 Å². The van der Waals surface area contributed by atoms with E-state index in [1.807, 2.05) is 35.0 Å². The van der Waals surface area contributed by atoms with Gasteiger partial charge in [-0.05, 0) is 38.0 Å². The largest absolute Gasteiger partial charge is 0.367 e. The predicted octanol–water partition coefficient (Wildman–Crippen LogP) is 3.29. The van der Waals surface area contributed by atoms with Gasteiger partial charge in [0.15, 0.2) is 5.65 Å². The molecule has 0 bridgehead atoms. The second kappa shape index (κ2) is 9.32. The number of carbonyl (C=O) groups is 1. The molecule has 2 aromatic rings. The van der Waals surface area contributed by atoms with Crippen molar-refractivity contribution in [1.82, 2.24) is 19.5 Å². The lowest BCUT2D eigenvalue weighted by Gasteiger charge is -2.27. The molecule has 0 aliphatic heterocycles. The first-order valence-corrected chi connectivity index (χ1v) is 11.6. The molecule has 32 heavy (non-hydrogen) atoms. The highest BCUT2D eigenvalue weighted by Crippen LogP contribution is 2.27. The fourth-order valence-corrected chi connectivity index (χ4v) is 4.37. The maximum atomic E-state index is 12.2. The summed E-state index contributed by atoms with van der Waals surface area (Å²) in [6, 6.07) is 2.82. The minimum atomic E-state index is 0.0262. The van der Waals surface area contributed by atoms with Gasteiger partial charge >= 0.3 is 0 Å². The van der Waals surface area contributed by atoms with Crippen LogP contribution in [0.25, 0.3) is 5.65 Å². The van der Waals surface area contributed by atoms with Crippen LogP contribution in [0.2, 0.25) is 0 Å². The number of carbonyl (C=O) groups excluding carboxylic acids is 1. The molecule has 0 spiro atoms. The van der Waals surface area contributed by atoms with E-state index in [-0.39, 0.29) is 11.9 Å². The lowest BCUT2D eigenvalue weighted by molar-refractivity contribution is -0.124. The molecule has 1 atom stereocenters. The van der Waals surface area contributed by atoms with Crippen molar-refractivity contribution in [3.63, 3.8) is 0 Å². The Morgan fingerprint density at radius 3 is 2.59 bits per heavy atom. The van der Waals surface area contributed by atoms with E-state index in [2.05, 4.69) is 29.6 Å². The molecular formula is C24H35N7O. The zero-order valence-electron chi connectivity index (χ0n) is 19.5. The summed E-state index contributed by atoms with van der Waals surface area (Å²) in [5.41, 5.74) is 8.81. The maximum absolute atomic E-state index is 12.2. The number of likely N-dealkylation sites (N-methyl/N-ethyl adjacent to an activating group) is 1. The van der Waals surface area contributed by atoms with Crippen molar-refractivity contribution < 1.29 is 4.79 Å². The molecule has 2 aliphatic rings. The molecule has 1 saturated carbocycles. The lowest BCUT2D eigenvalue weighted by atomic mass is 9.92. The molecule has 1 fully saturated rings. The van der Waals surface area contributed by atoms with Crippen LogP contribution in [0, 0.1) is 0 Å². The first-order valence-electron chi connectivity index (χ1n) is 11.6. The summed E-state index contributed by atoms with van der Waals surface area (Å²) in [5, 5.41) is 11.8. The monoisotopic (exact) mass is 437 g/mol. The van der Waals surface area contributed by atoms with Gasteiger partial charge in [-0.2, -0.15) is 9.61 Å². The molecule has 2 heterocycles. The minimum Gasteiger partial charge on any atom is -0.367 e. The van der Waals surface area contributed by atoms with E-state index >= 15 is 0 Å². The van der Waals surface area contributed by atoms with E-state index < -0.39 is 0 Å². The highest BCUT2D eigenvalue weighted by atomic mass is 16.2. The van der Waals surface area contributed by atoms with Crippen molar-refractivity contribution in [2.24, 2.45) is 5.73 Å². The molecule has 0 saturated heterocycles. The van der Waals surface area contributed by atoms with Crippen LogP contribution in [0.4, 0.5) is 11.6 Å². The van der Waals surface area contributed by atoms with Crippen LogP contribution in [0.15, 0.2) is 36.1 Å². The number of fused-ring (bicyclic) bond motifs is 1. The Hall–Kier alpha value is -2.87. The second-order valence-electron chi connectivity index (χ2n) is 9.48. The van der Waals surface area contributed by atoms with Gasteiger partial charge in [-0.25, -0.2) is 4.98 Å². The van der Waals surface area contributed by atoms with Gasteiger partial charge in [0.1, 0.15) is 11.6 Å². The summed E-state index contributed by atoms with van der Waals surface area (Å²) in [5.74, 6) is 2.11. The van der Waals surface area contributed by atoms with Gasteiger partial charge in [0, 0.05) is 49.4 Å². The van der Waals surface area contributed by atoms with Crippen molar-refractivity contribution in [3.05, 3.63) is 41.6 Å². The van der Waals surface area contributed by atoms with Crippen molar-refractivity contribution in [1.29, 1.82) is 0 Å². The van der Waals surface area contributed by atoms with Crippen LogP contribution < -0.4 is 16.4 Å². The number of rotatable bonds is 6. The van der Waals surface area contributed by atoms with Crippen molar-refractivity contribution >= 4 is 23.2 Å². The van der Waals surface area contributed by atoms with E-state index in [1.54, 1.807) is 19.0 Å². The van der Waals surface area contributed by atoms with Crippen LogP contribution in [0.3, 0.4) is 0 Å². The second-order valence-corrected chi connectivity index (χ2v) is 9.48. The Morgan fingerprint density at radius 1 is 1.22 bits per heavy atom. The molecule has 1 unspecified atom stereocenters. The Labute approximate surface area is 189 Å². The molecule has 0 radical (unpaired) electrons. The first kappa shape index (κ1) is 22.3. The Bertz CT molecular complexity index is 1030. The summed E-state index contributed by atoms with van der Waals surface area (Å²) in [6.07, 6.45) is 12.8. The average molecular weight is 438 g/mol. The number of hydrogen-bond acceptors (Lipinski definition) is 6. The van der Waals surface area contributed by atoms with E-state index in [1.165, 1.54) is 0 Å². The van der Waals surface area contributed by atoms with Gasteiger partial charge in [0.2, 0.25) is 0 Å².